The van der Waals surface area contributed by atoms with Gasteiger partial charge < -0.3 is 10.1 Å². The molecule has 0 saturated heterocycles. The van der Waals surface area contributed by atoms with Crippen LogP contribution >= 0.6 is 0 Å². The summed E-state index contributed by atoms with van der Waals surface area (Å²) in [5.74, 6) is 1.65. The van der Waals surface area contributed by atoms with Crippen LogP contribution in [-0.4, -0.2) is 35.0 Å². The van der Waals surface area contributed by atoms with Crippen molar-refractivity contribution in [2.24, 2.45) is 5.92 Å². The van der Waals surface area contributed by atoms with Crippen LogP contribution in [-0.2, 0) is 17.8 Å². The van der Waals surface area contributed by atoms with Gasteiger partial charge in [-0.25, -0.2) is 9.67 Å². The summed E-state index contributed by atoms with van der Waals surface area (Å²) in [6.07, 6.45) is 2.58. The van der Waals surface area contributed by atoms with Gasteiger partial charge in [0.15, 0.2) is 0 Å². The summed E-state index contributed by atoms with van der Waals surface area (Å²) in [5.41, 5.74) is 0. The molecule has 0 spiro atoms. The lowest BCUT2D eigenvalue weighted by Crippen LogP contribution is -2.22. The summed E-state index contributed by atoms with van der Waals surface area (Å²) in [6.45, 7) is 7.80. The Bertz CT molecular complexity index is 285. The molecule has 5 heteroatoms. The van der Waals surface area contributed by atoms with Crippen molar-refractivity contribution in [2.75, 3.05) is 20.3 Å². The highest BCUT2D eigenvalue weighted by molar-refractivity contribution is 4.83. The SMILES string of the molecule is COCCCn1ncnc1CNCC(C)C. The molecule has 1 rings (SSSR count). The Kier molecular flexibility index (Phi) is 6.03. The number of rotatable bonds is 8. The van der Waals surface area contributed by atoms with Gasteiger partial charge in [-0.2, -0.15) is 5.10 Å². The van der Waals surface area contributed by atoms with Crippen molar-refractivity contribution in [3.8, 4) is 0 Å². The van der Waals surface area contributed by atoms with E-state index < -0.39 is 0 Å². The fourth-order valence-electron chi connectivity index (χ4n) is 1.44. The molecule has 0 unspecified atom stereocenters. The Hall–Kier alpha value is -0.940. The standard InChI is InChI=1S/C11H22N4O/c1-10(2)7-12-8-11-13-9-14-15(11)5-4-6-16-3/h9-10,12H,4-8H2,1-3H3. The number of nitrogens with zero attached hydrogens (tertiary/aromatic N) is 3. The van der Waals surface area contributed by atoms with Crippen LogP contribution in [0.2, 0.25) is 0 Å². The Morgan fingerprint density at radius 1 is 1.50 bits per heavy atom. The number of hydrogen-bond donors (Lipinski definition) is 1. The van der Waals surface area contributed by atoms with Crippen molar-refractivity contribution in [2.45, 2.75) is 33.4 Å². The first kappa shape index (κ1) is 13.1. The Balaban J connectivity index is 2.32. The zero-order valence-electron chi connectivity index (χ0n) is 10.4. The van der Waals surface area contributed by atoms with Crippen molar-refractivity contribution < 1.29 is 4.74 Å². The van der Waals surface area contributed by atoms with Gasteiger partial charge in [0.2, 0.25) is 0 Å². The molecule has 0 atom stereocenters. The summed E-state index contributed by atoms with van der Waals surface area (Å²) in [7, 11) is 1.71. The monoisotopic (exact) mass is 226 g/mol. The predicted octanol–water partition coefficient (Wildman–Crippen LogP) is 1.06. The summed E-state index contributed by atoms with van der Waals surface area (Å²) in [5, 5.41) is 7.56. The van der Waals surface area contributed by atoms with E-state index in [9.17, 15) is 0 Å². The molecule has 0 amide bonds. The van der Waals surface area contributed by atoms with Crippen LogP contribution in [0.5, 0.6) is 0 Å². The second kappa shape index (κ2) is 7.35. The largest absolute Gasteiger partial charge is 0.385 e. The molecule has 0 aromatic carbocycles. The maximum Gasteiger partial charge on any atom is 0.140 e. The van der Waals surface area contributed by atoms with Gasteiger partial charge in [0.05, 0.1) is 6.54 Å². The van der Waals surface area contributed by atoms with Crippen LogP contribution in [0.25, 0.3) is 0 Å². The molecular weight excluding hydrogens is 204 g/mol. The molecule has 0 aliphatic heterocycles. The molecule has 0 aliphatic rings. The molecule has 0 radical (unpaired) electrons. The molecule has 0 bridgehead atoms. The van der Waals surface area contributed by atoms with Crippen molar-refractivity contribution in [3.05, 3.63) is 12.2 Å². The van der Waals surface area contributed by atoms with E-state index in [1.807, 2.05) is 4.68 Å². The maximum absolute atomic E-state index is 5.02. The van der Waals surface area contributed by atoms with E-state index in [1.54, 1.807) is 13.4 Å². The van der Waals surface area contributed by atoms with Crippen LogP contribution in [0.3, 0.4) is 0 Å². The Labute approximate surface area is 97.2 Å². The first-order valence-electron chi connectivity index (χ1n) is 5.80. The van der Waals surface area contributed by atoms with E-state index in [-0.39, 0.29) is 0 Å². The number of methoxy groups -OCH3 is 1. The minimum absolute atomic E-state index is 0.657. The molecule has 0 saturated carbocycles. The molecule has 0 fully saturated rings. The van der Waals surface area contributed by atoms with Gasteiger partial charge >= 0.3 is 0 Å². The minimum Gasteiger partial charge on any atom is -0.385 e. The van der Waals surface area contributed by atoms with E-state index in [1.165, 1.54) is 0 Å². The first-order chi connectivity index (χ1) is 7.74. The number of nitrogens with one attached hydrogen (secondary N) is 1. The van der Waals surface area contributed by atoms with Crippen molar-refractivity contribution in [3.63, 3.8) is 0 Å². The van der Waals surface area contributed by atoms with Gasteiger partial charge in [0.1, 0.15) is 12.2 Å². The molecule has 1 N–H and O–H groups in total. The van der Waals surface area contributed by atoms with Crippen LogP contribution < -0.4 is 5.32 Å². The highest BCUT2D eigenvalue weighted by atomic mass is 16.5. The lowest BCUT2D eigenvalue weighted by Gasteiger charge is -2.08. The Morgan fingerprint density at radius 2 is 2.31 bits per heavy atom. The molecule has 5 nitrogen and oxygen atoms in total. The normalized spacial score (nSPS) is 11.2. The van der Waals surface area contributed by atoms with Crippen molar-refractivity contribution >= 4 is 0 Å². The second-order valence-electron chi connectivity index (χ2n) is 4.27. The van der Waals surface area contributed by atoms with Crippen molar-refractivity contribution in [1.29, 1.82) is 0 Å². The third-order valence-corrected chi connectivity index (χ3v) is 2.25. The number of aromatic nitrogens is 3. The molecule has 0 aliphatic carbocycles. The molecule has 16 heavy (non-hydrogen) atoms. The lowest BCUT2D eigenvalue weighted by atomic mass is 10.2. The van der Waals surface area contributed by atoms with Gasteiger partial charge in [-0.1, -0.05) is 13.8 Å². The lowest BCUT2D eigenvalue weighted by molar-refractivity contribution is 0.188. The quantitative estimate of drug-likeness (QED) is 0.673. The number of aryl methyl sites for hydroxylation is 1. The molecule has 1 heterocycles. The van der Waals surface area contributed by atoms with E-state index >= 15 is 0 Å². The summed E-state index contributed by atoms with van der Waals surface area (Å²) in [6, 6.07) is 0. The third-order valence-electron chi connectivity index (χ3n) is 2.25. The highest BCUT2D eigenvalue weighted by Gasteiger charge is 2.03. The zero-order valence-corrected chi connectivity index (χ0v) is 10.4. The van der Waals surface area contributed by atoms with E-state index in [0.29, 0.717) is 5.92 Å². The smallest absolute Gasteiger partial charge is 0.140 e. The van der Waals surface area contributed by atoms with Gasteiger partial charge in [0, 0.05) is 20.3 Å². The fourth-order valence-corrected chi connectivity index (χ4v) is 1.44. The number of hydrogen-bond acceptors (Lipinski definition) is 4. The van der Waals surface area contributed by atoms with Gasteiger partial charge in [-0.05, 0) is 18.9 Å². The van der Waals surface area contributed by atoms with Crippen LogP contribution in [0.1, 0.15) is 26.1 Å². The van der Waals surface area contributed by atoms with Gasteiger partial charge in [-0.15, -0.1) is 0 Å². The average Bonchev–Trinajstić information content (AvgIpc) is 2.66. The molecule has 92 valence electrons. The molecule has 1 aromatic rings. The molecule has 1 aromatic heterocycles. The summed E-state index contributed by atoms with van der Waals surface area (Å²) in [4.78, 5) is 4.24. The molecular formula is C11H22N4O. The topological polar surface area (TPSA) is 52.0 Å². The third kappa shape index (κ3) is 4.72. The fraction of sp³-hybridized carbons (Fsp3) is 0.818. The van der Waals surface area contributed by atoms with E-state index in [4.69, 9.17) is 4.74 Å². The zero-order chi connectivity index (χ0) is 11.8. The van der Waals surface area contributed by atoms with Crippen LogP contribution in [0, 0.1) is 5.92 Å². The number of ether oxygens (including phenoxy) is 1. The van der Waals surface area contributed by atoms with Gasteiger partial charge in [0.25, 0.3) is 0 Å². The van der Waals surface area contributed by atoms with E-state index in [2.05, 4.69) is 29.2 Å². The average molecular weight is 226 g/mol. The van der Waals surface area contributed by atoms with E-state index in [0.717, 1.165) is 38.5 Å². The Morgan fingerprint density at radius 3 is 3.00 bits per heavy atom. The highest BCUT2D eigenvalue weighted by Crippen LogP contribution is 1.97. The maximum atomic E-state index is 5.02. The van der Waals surface area contributed by atoms with Gasteiger partial charge in [-0.3, -0.25) is 0 Å². The second-order valence-corrected chi connectivity index (χ2v) is 4.27. The predicted molar refractivity (Wildman–Crippen MR) is 63.1 cm³/mol. The van der Waals surface area contributed by atoms with Crippen LogP contribution in [0.4, 0.5) is 0 Å². The summed E-state index contributed by atoms with van der Waals surface area (Å²) < 4.78 is 6.95. The first-order valence-corrected chi connectivity index (χ1v) is 5.80. The minimum atomic E-state index is 0.657. The summed E-state index contributed by atoms with van der Waals surface area (Å²) >= 11 is 0. The van der Waals surface area contributed by atoms with Crippen LogP contribution in [0.15, 0.2) is 6.33 Å². The van der Waals surface area contributed by atoms with Crippen molar-refractivity contribution in [1.82, 2.24) is 20.1 Å².